The van der Waals surface area contributed by atoms with Crippen molar-refractivity contribution >= 4 is 5.69 Å². The number of benzene rings is 2. The fourth-order valence-corrected chi connectivity index (χ4v) is 2.53. The third-order valence-electron chi connectivity index (χ3n) is 3.71. The molecule has 2 nitrogen and oxygen atoms in total. The number of nitrogens with one attached hydrogen (secondary N) is 1. The number of hydrogen-bond acceptors (Lipinski definition) is 2. The van der Waals surface area contributed by atoms with Crippen molar-refractivity contribution in [2.24, 2.45) is 0 Å². The third kappa shape index (κ3) is 2.48. The van der Waals surface area contributed by atoms with Gasteiger partial charge in [-0.2, -0.15) is 0 Å². The van der Waals surface area contributed by atoms with Crippen LogP contribution in [0.15, 0.2) is 36.4 Å². The molecule has 1 aliphatic rings. The van der Waals surface area contributed by atoms with Crippen LogP contribution >= 0.6 is 0 Å². The van der Waals surface area contributed by atoms with Gasteiger partial charge in [0.25, 0.3) is 0 Å². The van der Waals surface area contributed by atoms with Gasteiger partial charge in [0.15, 0.2) is 0 Å². The minimum atomic E-state index is -0.207. The van der Waals surface area contributed by atoms with E-state index in [0.717, 1.165) is 29.9 Å². The van der Waals surface area contributed by atoms with Crippen molar-refractivity contribution in [3.05, 3.63) is 58.9 Å². The quantitative estimate of drug-likeness (QED) is 0.901. The van der Waals surface area contributed by atoms with Crippen LogP contribution in [0.4, 0.5) is 10.1 Å². The molecule has 1 atom stereocenters. The van der Waals surface area contributed by atoms with Gasteiger partial charge in [0.1, 0.15) is 11.6 Å². The first-order chi connectivity index (χ1) is 9.63. The predicted octanol–water partition coefficient (Wildman–Crippen LogP) is 4.24. The maximum Gasteiger partial charge on any atom is 0.146 e. The highest BCUT2D eigenvalue weighted by atomic mass is 19.1. The molecule has 0 bridgehead atoms. The lowest BCUT2D eigenvalue weighted by Crippen LogP contribution is -2.08. The Kier molecular flexibility index (Phi) is 3.35. The molecular weight excluding hydrogens is 253 g/mol. The van der Waals surface area contributed by atoms with Gasteiger partial charge in [0.2, 0.25) is 0 Å². The zero-order chi connectivity index (χ0) is 14.1. The van der Waals surface area contributed by atoms with E-state index < -0.39 is 0 Å². The molecule has 1 heterocycles. The highest BCUT2D eigenvalue weighted by Gasteiger charge is 2.15. The highest BCUT2D eigenvalue weighted by Crippen LogP contribution is 2.29. The van der Waals surface area contributed by atoms with Crippen molar-refractivity contribution in [1.82, 2.24) is 0 Å². The molecule has 2 aromatic rings. The Labute approximate surface area is 118 Å². The summed E-state index contributed by atoms with van der Waals surface area (Å²) in [6.07, 6.45) is 0.953. The van der Waals surface area contributed by atoms with Gasteiger partial charge < -0.3 is 10.1 Å². The molecule has 104 valence electrons. The first-order valence-corrected chi connectivity index (χ1v) is 6.92. The first-order valence-electron chi connectivity index (χ1n) is 6.92. The second-order valence-electron chi connectivity index (χ2n) is 5.31. The number of ether oxygens (including phenoxy) is 1. The van der Waals surface area contributed by atoms with Crippen LogP contribution in [0.1, 0.15) is 29.7 Å². The Bertz CT molecular complexity index is 639. The van der Waals surface area contributed by atoms with E-state index in [1.165, 1.54) is 5.56 Å². The van der Waals surface area contributed by atoms with Gasteiger partial charge >= 0.3 is 0 Å². The van der Waals surface area contributed by atoms with E-state index in [2.05, 4.69) is 11.4 Å². The van der Waals surface area contributed by atoms with Crippen molar-refractivity contribution in [2.45, 2.75) is 26.3 Å². The molecule has 0 amide bonds. The highest BCUT2D eigenvalue weighted by molar-refractivity contribution is 5.49. The second-order valence-corrected chi connectivity index (χ2v) is 5.31. The molecule has 20 heavy (non-hydrogen) atoms. The van der Waals surface area contributed by atoms with E-state index >= 15 is 0 Å². The molecule has 0 aliphatic carbocycles. The normalized spacial score (nSPS) is 14.6. The van der Waals surface area contributed by atoms with Gasteiger partial charge in [-0.15, -0.1) is 0 Å². The van der Waals surface area contributed by atoms with Crippen molar-refractivity contribution in [2.75, 3.05) is 11.9 Å². The number of aryl methyl sites for hydroxylation is 1. The number of rotatable bonds is 3. The van der Waals surface area contributed by atoms with Crippen molar-refractivity contribution < 1.29 is 9.13 Å². The van der Waals surface area contributed by atoms with E-state index in [4.69, 9.17) is 4.74 Å². The molecule has 3 heteroatoms. The molecule has 0 radical (unpaired) electrons. The molecule has 1 unspecified atom stereocenters. The van der Waals surface area contributed by atoms with Gasteiger partial charge in [-0.05, 0) is 54.8 Å². The average molecular weight is 271 g/mol. The fraction of sp³-hybridized carbons (Fsp3) is 0.294. The summed E-state index contributed by atoms with van der Waals surface area (Å²) in [6.45, 7) is 4.68. The van der Waals surface area contributed by atoms with E-state index in [-0.39, 0.29) is 11.9 Å². The standard InChI is InChI=1S/C17H18FNO/c1-11-3-5-16(15(18)9-11)19-12(2)13-4-6-17-14(10-13)7-8-20-17/h3-6,9-10,12,19H,7-8H2,1-2H3. The Balaban J connectivity index is 1.80. The fourth-order valence-electron chi connectivity index (χ4n) is 2.53. The number of anilines is 1. The molecule has 0 fully saturated rings. The largest absolute Gasteiger partial charge is 0.493 e. The van der Waals surface area contributed by atoms with Crippen LogP contribution in [0.2, 0.25) is 0 Å². The van der Waals surface area contributed by atoms with Crippen LogP contribution in [0.25, 0.3) is 0 Å². The molecule has 2 aromatic carbocycles. The van der Waals surface area contributed by atoms with Crippen LogP contribution in [-0.2, 0) is 6.42 Å². The second kappa shape index (κ2) is 5.16. The van der Waals surface area contributed by atoms with Gasteiger partial charge in [-0.1, -0.05) is 12.1 Å². The summed E-state index contributed by atoms with van der Waals surface area (Å²) in [5.41, 5.74) is 3.85. The summed E-state index contributed by atoms with van der Waals surface area (Å²) in [6, 6.07) is 11.5. The molecule has 1 N–H and O–H groups in total. The zero-order valence-electron chi connectivity index (χ0n) is 11.7. The monoisotopic (exact) mass is 271 g/mol. The van der Waals surface area contributed by atoms with Gasteiger partial charge in [-0.3, -0.25) is 0 Å². The summed E-state index contributed by atoms with van der Waals surface area (Å²) in [5, 5.41) is 3.23. The smallest absolute Gasteiger partial charge is 0.146 e. The van der Waals surface area contributed by atoms with Gasteiger partial charge in [0, 0.05) is 12.5 Å². The Morgan fingerprint density at radius 1 is 1.20 bits per heavy atom. The number of hydrogen-bond donors (Lipinski definition) is 1. The minimum absolute atomic E-state index is 0.0538. The summed E-state index contributed by atoms with van der Waals surface area (Å²) < 4.78 is 19.4. The number of halogens is 1. The zero-order valence-corrected chi connectivity index (χ0v) is 11.7. The molecular formula is C17H18FNO. The summed E-state index contributed by atoms with van der Waals surface area (Å²) >= 11 is 0. The van der Waals surface area contributed by atoms with Gasteiger partial charge in [-0.25, -0.2) is 4.39 Å². The van der Waals surface area contributed by atoms with Crippen LogP contribution in [0.5, 0.6) is 5.75 Å². The van der Waals surface area contributed by atoms with Crippen molar-refractivity contribution in [1.29, 1.82) is 0 Å². The van der Waals surface area contributed by atoms with Crippen LogP contribution in [-0.4, -0.2) is 6.61 Å². The summed E-state index contributed by atoms with van der Waals surface area (Å²) in [7, 11) is 0. The third-order valence-corrected chi connectivity index (χ3v) is 3.71. The summed E-state index contributed by atoms with van der Waals surface area (Å²) in [4.78, 5) is 0. The molecule has 0 saturated heterocycles. The average Bonchev–Trinajstić information content (AvgIpc) is 2.89. The Morgan fingerprint density at radius 2 is 2.05 bits per heavy atom. The molecule has 0 saturated carbocycles. The topological polar surface area (TPSA) is 21.3 Å². The lowest BCUT2D eigenvalue weighted by atomic mass is 10.0. The number of fused-ring (bicyclic) bond motifs is 1. The molecule has 1 aliphatic heterocycles. The summed E-state index contributed by atoms with van der Waals surface area (Å²) in [5.74, 6) is 0.767. The Hall–Kier alpha value is -2.03. The molecule has 0 aromatic heterocycles. The van der Waals surface area contributed by atoms with Crippen molar-refractivity contribution in [3.8, 4) is 5.75 Å². The Morgan fingerprint density at radius 3 is 2.85 bits per heavy atom. The lowest BCUT2D eigenvalue weighted by molar-refractivity contribution is 0.357. The SMILES string of the molecule is Cc1ccc(NC(C)c2ccc3c(c2)CCO3)c(F)c1. The first kappa shape index (κ1) is 13.0. The minimum Gasteiger partial charge on any atom is -0.493 e. The predicted molar refractivity (Wildman–Crippen MR) is 78.8 cm³/mol. The van der Waals surface area contributed by atoms with Crippen LogP contribution in [0.3, 0.4) is 0 Å². The maximum absolute atomic E-state index is 13.9. The van der Waals surface area contributed by atoms with Crippen LogP contribution < -0.4 is 10.1 Å². The van der Waals surface area contributed by atoms with E-state index in [1.807, 2.05) is 32.0 Å². The molecule has 3 rings (SSSR count). The van der Waals surface area contributed by atoms with Gasteiger partial charge in [0.05, 0.1) is 12.3 Å². The van der Waals surface area contributed by atoms with Crippen LogP contribution in [0, 0.1) is 12.7 Å². The lowest BCUT2D eigenvalue weighted by Gasteiger charge is -2.17. The van der Waals surface area contributed by atoms with E-state index in [0.29, 0.717) is 5.69 Å². The van der Waals surface area contributed by atoms with E-state index in [9.17, 15) is 4.39 Å². The van der Waals surface area contributed by atoms with E-state index in [1.54, 1.807) is 12.1 Å². The van der Waals surface area contributed by atoms with Crippen molar-refractivity contribution in [3.63, 3.8) is 0 Å². The molecule has 0 spiro atoms. The maximum atomic E-state index is 13.9.